The normalized spacial score (nSPS) is 10.9. The zero-order valence-electron chi connectivity index (χ0n) is 13.6. The summed E-state index contributed by atoms with van der Waals surface area (Å²) in [5.41, 5.74) is 9.08. The molecule has 0 spiro atoms. The number of hydrogen-bond donors (Lipinski definition) is 1. The summed E-state index contributed by atoms with van der Waals surface area (Å²) in [4.78, 5) is 23.3. The number of hydrogen-bond acceptors (Lipinski definition) is 5. The number of carbonyl (C=O) groups is 1. The summed E-state index contributed by atoms with van der Waals surface area (Å²) < 4.78 is 0. The third-order valence-corrected chi connectivity index (χ3v) is 5.14. The van der Waals surface area contributed by atoms with E-state index in [4.69, 9.17) is 5.73 Å². The Balaban J connectivity index is 1.88. The van der Waals surface area contributed by atoms with E-state index in [1.807, 2.05) is 55.5 Å². The molecule has 0 unspecified atom stereocenters. The Kier molecular flexibility index (Phi) is 3.78. The smallest absolute Gasteiger partial charge is 0.205 e. The second-order valence-electron chi connectivity index (χ2n) is 5.72. The van der Waals surface area contributed by atoms with Crippen LogP contribution in [0.5, 0.6) is 0 Å². The number of aromatic nitrogens is 2. The van der Waals surface area contributed by atoms with E-state index in [2.05, 4.69) is 9.97 Å². The van der Waals surface area contributed by atoms with E-state index in [-0.39, 0.29) is 5.78 Å². The SMILES string of the molecule is Cc1nc(-c2ccccc2)nc2sc(C(=O)c3ccccc3)c(N)c12. The van der Waals surface area contributed by atoms with Crippen molar-refractivity contribution < 1.29 is 4.79 Å². The van der Waals surface area contributed by atoms with Crippen molar-refractivity contribution in [3.8, 4) is 11.4 Å². The molecule has 0 saturated heterocycles. The number of rotatable bonds is 3. The number of nitrogen functional groups attached to an aromatic ring is 1. The summed E-state index contributed by atoms with van der Waals surface area (Å²) >= 11 is 1.32. The Bertz CT molecular complexity index is 1070. The lowest BCUT2D eigenvalue weighted by Crippen LogP contribution is -2.02. The number of nitrogens with zero attached hydrogens (tertiary/aromatic N) is 2. The van der Waals surface area contributed by atoms with Crippen molar-refractivity contribution in [2.45, 2.75) is 6.92 Å². The lowest BCUT2D eigenvalue weighted by atomic mass is 10.1. The van der Waals surface area contributed by atoms with Crippen LogP contribution in [0.2, 0.25) is 0 Å². The molecular formula is C20H15N3OS. The van der Waals surface area contributed by atoms with Crippen LogP contribution >= 0.6 is 11.3 Å². The number of benzene rings is 2. The van der Waals surface area contributed by atoms with E-state index in [0.717, 1.165) is 21.5 Å². The van der Waals surface area contributed by atoms with Gasteiger partial charge >= 0.3 is 0 Å². The van der Waals surface area contributed by atoms with Gasteiger partial charge in [-0.1, -0.05) is 60.7 Å². The van der Waals surface area contributed by atoms with Gasteiger partial charge in [0.05, 0.1) is 16.8 Å². The van der Waals surface area contributed by atoms with Crippen LogP contribution in [0.25, 0.3) is 21.6 Å². The minimum Gasteiger partial charge on any atom is -0.397 e. The van der Waals surface area contributed by atoms with Gasteiger partial charge in [-0.3, -0.25) is 4.79 Å². The molecule has 0 radical (unpaired) electrons. The van der Waals surface area contributed by atoms with Crippen LogP contribution in [0.3, 0.4) is 0 Å². The third kappa shape index (κ3) is 2.68. The van der Waals surface area contributed by atoms with E-state index >= 15 is 0 Å². The zero-order valence-corrected chi connectivity index (χ0v) is 14.4. The van der Waals surface area contributed by atoms with E-state index in [1.54, 1.807) is 12.1 Å². The molecule has 4 aromatic rings. The Labute approximate surface area is 149 Å². The molecule has 0 atom stereocenters. The molecule has 4 nitrogen and oxygen atoms in total. The van der Waals surface area contributed by atoms with Gasteiger partial charge in [0.1, 0.15) is 9.71 Å². The lowest BCUT2D eigenvalue weighted by Gasteiger charge is -2.03. The highest BCUT2D eigenvalue weighted by molar-refractivity contribution is 7.21. The first-order valence-electron chi connectivity index (χ1n) is 7.87. The maximum Gasteiger partial charge on any atom is 0.205 e. The van der Waals surface area contributed by atoms with Gasteiger partial charge in [0, 0.05) is 11.1 Å². The summed E-state index contributed by atoms with van der Waals surface area (Å²) in [6, 6.07) is 18.9. The first-order chi connectivity index (χ1) is 12.1. The fraction of sp³-hybridized carbons (Fsp3) is 0.0500. The lowest BCUT2D eigenvalue weighted by molar-refractivity contribution is 0.104. The molecule has 0 aliphatic rings. The number of aryl methyl sites for hydroxylation is 1. The molecule has 2 aromatic heterocycles. The summed E-state index contributed by atoms with van der Waals surface area (Å²) in [6.45, 7) is 1.90. The van der Waals surface area contributed by atoms with Gasteiger partial charge < -0.3 is 5.73 Å². The highest BCUT2D eigenvalue weighted by atomic mass is 32.1. The molecule has 4 rings (SSSR count). The number of ketones is 1. The number of thiophene rings is 1. The van der Waals surface area contributed by atoms with Crippen LogP contribution in [0.1, 0.15) is 20.9 Å². The third-order valence-electron chi connectivity index (χ3n) is 4.04. The Hall–Kier alpha value is -3.05. The number of fused-ring (bicyclic) bond motifs is 1. The van der Waals surface area contributed by atoms with Crippen molar-refractivity contribution in [2.75, 3.05) is 5.73 Å². The number of nitrogens with two attached hydrogens (primary N) is 1. The van der Waals surface area contributed by atoms with Gasteiger partial charge in [0.15, 0.2) is 5.82 Å². The van der Waals surface area contributed by atoms with E-state index in [0.29, 0.717) is 22.0 Å². The van der Waals surface area contributed by atoms with Gasteiger partial charge in [0.2, 0.25) is 5.78 Å². The maximum absolute atomic E-state index is 12.8. The molecule has 122 valence electrons. The second kappa shape index (κ2) is 6.11. The predicted octanol–water partition coefficient (Wildman–Crippen LogP) is 4.48. The standard InChI is InChI=1S/C20H15N3OS/c1-12-15-16(21)18(17(24)13-8-4-2-5-9-13)25-20(15)23-19(22-12)14-10-6-3-7-11-14/h2-11H,21H2,1H3. The Morgan fingerprint density at radius 3 is 2.28 bits per heavy atom. The molecule has 5 heteroatoms. The largest absolute Gasteiger partial charge is 0.397 e. The second-order valence-corrected chi connectivity index (χ2v) is 6.72. The first kappa shape index (κ1) is 15.5. The number of anilines is 1. The van der Waals surface area contributed by atoms with Crippen molar-refractivity contribution in [3.63, 3.8) is 0 Å². The van der Waals surface area contributed by atoms with Crippen molar-refractivity contribution in [1.29, 1.82) is 0 Å². The van der Waals surface area contributed by atoms with Crippen molar-refractivity contribution in [1.82, 2.24) is 9.97 Å². The summed E-state index contributed by atoms with van der Waals surface area (Å²) in [5, 5.41) is 0.768. The van der Waals surface area contributed by atoms with Crippen LogP contribution in [0.4, 0.5) is 5.69 Å². The Morgan fingerprint density at radius 2 is 1.60 bits per heavy atom. The molecule has 0 fully saturated rings. The molecule has 0 amide bonds. The van der Waals surface area contributed by atoms with Crippen molar-refractivity contribution >= 4 is 33.0 Å². The van der Waals surface area contributed by atoms with E-state index in [1.165, 1.54) is 11.3 Å². The monoisotopic (exact) mass is 345 g/mol. The highest BCUT2D eigenvalue weighted by Crippen LogP contribution is 2.36. The van der Waals surface area contributed by atoms with Gasteiger partial charge in [0.25, 0.3) is 0 Å². The number of carbonyl (C=O) groups excluding carboxylic acids is 1. The minimum absolute atomic E-state index is 0.0817. The molecule has 0 saturated carbocycles. The van der Waals surface area contributed by atoms with Gasteiger partial charge in [-0.2, -0.15) is 0 Å². The Morgan fingerprint density at radius 1 is 0.960 bits per heavy atom. The average molecular weight is 345 g/mol. The fourth-order valence-electron chi connectivity index (χ4n) is 2.80. The highest BCUT2D eigenvalue weighted by Gasteiger charge is 2.21. The van der Waals surface area contributed by atoms with Crippen LogP contribution in [0.15, 0.2) is 60.7 Å². The van der Waals surface area contributed by atoms with Crippen LogP contribution < -0.4 is 5.73 Å². The molecule has 2 N–H and O–H groups in total. The maximum atomic E-state index is 12.8. The van der Waals surface area contributed by atoms with Gasteiger partial charge in [-0.05, 0) is 6.92 Å². The van der Waals surface area contributed by atoms with E-state index < -0.39 is 0 Å². The van der Waals surface area contributed by atoms with Crippen molar-refractivity contribution in [3.05, 3.63) is 76.8 Å². The predicted molar refractivity (Wildman–Crippen MR) is 102 cm³/mol. The summed E-state index contributed by atoms with van der Waals surface area (Å²) in [7, 11) is 0. The summed E-state index contributed by atoms with van der Waals surface area (Å²) in [6.07, 6.45) is 0. The molecular weight excluding hydrogens is 330 g/mol. The fourth-order valence-corrected chi connectivity index (χ4v) is 3.91. The first-order valence-corrected chi connectivity index (χ1v) is 8.68. The molecule has 25 heavy (non-hydrogen) atoms. The van der Waals surface area contributed by atoms with Crippen LogP contribution in [-0.4, -0.2) is 15.8 Å². The molecule has 0 aliphatic heterocycles. The average Bonchev–Trinajstić information content (AvgIpc) is 2.99. The van der Waals surface area contributed by atoms with E-state index in [9.17, 15) is 4.79 Å². The van der Waals surface area contributed by atoms with Crippen LogP contribution in [0, 0.1) is 6.92 Å². The summed E-state index contributed by atoms with van der Waals surface area (Å²) in [5.74, 6) is 0.562. The topological polar surface area (TPSA) is 68.9 Å². The van der Waals surface area contributed by atoms with Gasteiger partial charge in [-0.15, -0.1) is 11.3 Å². The van der Waals surface area contributed by atoms with Crippen LogP contribution in [-0.2, 0) is 0 Å². The molecule has 0 aliphatic carbocycles. The van der Waals surface area contributed by atoms with Gasteiger partial charge in [-0.25, -0.2) is 9.97 Å². The molecule has 0 bridgehead atoms. The molecule has 2 aromatic carbocycles. The molecule has 2 heterocycles. The minimum atomic E-state index is -0.0817. The van der Waals surface area contributed by atoms with Crippen molar-refractivity contribution in [2.24, 2.45) is 0 Å². The zero-order chi connectivity index (χ0) is 17.4. The quantitative estimate of drug-likeness (QED) is 0.556.